The number of benzene rings is 1. The molecular weight excluding hydrogens is 276 g/mol. The summed E-state index contributed by atoms with van der Waals surface area (Å²) in [7, 11) is 0. The van der Waals surface area contributed by atoms with Crippen molar-refractivity contribution < 1.29 is 9.53 Å². The van der Waals surface area contributed by atoms with Gasteiger partial charge in [-0.3, -0.25) is 4.68 Å². The van der Waals surface area contributed by atoms with Crippen molar-refractivity contribution in [2.24, 2.45) is 5.92 Å². The van der Waals surface area contributed by atoms with E-state index < -0.39 is 0 Å². The number of hydrogen-bond acceptors (Lipinski definition) is 3. The summed E-state index contributed by atoms with van der Waals surface area (Å²) in [6, 6.07) is 7.59. The van der Waals surface area contributed by atoms with Crippen LogP contribution in [0.4, 0.5) is 0 Å². The molecule has 1 aromatic carbocycles. The highest BCUT2D eigenvalue weighted by atomic mass is 35.5. The molecule has 1 aliphatic carbocycles. The van der Waals surface area contributed by atoms with Gasteiger partial charge in [0.15, 0.2) is 0 Å². The summed E-state index contributed by atoms with van der Waals surface area (Å²) in [6.45, 7) is 1.06. The van der Waals surface area contributed by atoms with Gasteiger partial charge in [-0.05, 0) is 30.4 Å². The summed E-state index contributed by atoms with van der Waals surface area (Å²) in [6.07, 6.45) is 5.56. The first-order valence-corrected chi connectivity index (χ1v) is 7.03. The normalized spacial score (nSPS) is 14.2. The summed E-state index contributed by atoms with van der Waals surface area (Å²) in [5, 5.41) is 4.87. The smallest absolute Gasteiger partial charge is 0.341 e. The zero-order valence-corrected chi connectivity index (χ0v) is 11.7. The van der Waals surface area contributed by atoms with E-state index in [1.807, 2.05) is 24.3 Å². The SMILES string of the molecule is O=C(OCC1CC1)c1cnn(Cc2ccccc2Cl)c1. The fourth-order valence-electron chi connectivity index (χ4n) is 1.92. The monoisotopic (exact) mass is 290 g/mol. The maximum Gasteiger partial charge on any atom is 0.341 e. The minimum absolute atomic E-state index is 0.303. The van der Waals surface area contributed by atoms with Gasteiger partial charge in [-0.1, -0.05) is 29.8 Å². The Kier molecular flexibility index (Phi) is 3.74. The van der Waals surface area contributed by atoms with Crippen LogP contribution in [-0.2, 0) is 11.3 Å². The first-order chi connectivity index (χ1) is 9.72. The van der Waals surface area contributed by atoms with Gasteiger partial charge in [-0.2, -0.15) is 5.10 Å². The Hall–Kier alpha value is -1.81. The predicted molar refractivity (Wildman–Crippen MR) is 75.8 cm³/mol. The number of esters is 1. The number of halogens is 1. The second kappa shape index (κ2) is 5.67. The van der Waals surface area contributed by atoms with Crippen molar-refractivity contribution in [2.45, 2.75) is 19.4 Å². The molecule has 0 unspecified atom stereocenters. The van der Waals surface area contributed by atoms with E-state index in [-0.39, 0.29) is 5.97 Å². The molecule has 5 heteroatoms. The Morgan fingerprint density at radius 1 is 1.40 bits per heavy atom. The van der Waals surface area contributed by atoms with E-state index in [4.69, 9.17) is 16.3 Å². The molecule has 2 aromatic rings. The average molecular weight is 291 g/mol. The zero-order valence-electron chi connectivity index (χ0n) is 11.0. The van der Waals surface area contributed by atoms with Crippen LogP contribution >= 0.6 is 11.6 Å². The molecule has 0 saturated heterocycles. The second-order valence-electron chi connectivity index (χ2n) is 5.06. The minimum atomic E-state index is -0.303. The van der Waals surface area contributed by atoms with Gasteiger partial charge in [0.05, 0.1) is 24.9 Å². The molecule has 3 rings (SSSR count). The molecule has 1 fully saturated rings. The lowest BCUT2D eigenvalue weighted by Gasteiger charge is -2.04. The maximum atomic E-state index is 11.8. The Labute approximate surface area is 122 Å². The van der Waals surface area contributed by atoms with Gasteiger partial charge in [-0.25, -0.2) is 4.79 Å². The van der Waals surface area contributed by atoms with Crippen LogP contribution < -0.4 is 0 Å². The first kappa shape index (κ1) is 13.2. The molecule has 0 atom stereocenters. The van der Waals surface area contributed by atoms with Gasteiger partial charge in [0.25, 0.3) is 0 Å². The number of carbonyl (C=O) groups is 1. The van der Waals surface area contributed by atoms with Crippen molar-refractivity contribution in [3.63, 3.8) is 0 Å². The minimum Gasteiger partial charge on any atom is -0.462 e. The number of ether oxygens (including phenoxy) is 1. The van der Waals surface area contributed by atoms with Gasteiger partial charge in [0.1, 0.15) is 0 Å². The van der Waals surface area contributed by atoms with Crippen LogP contribution in [0, 0.1) is 5.92 Å². The lowest BCUT2D eigenvalue weighted by Crippen LogP contribution is -2.07. The van der Waals surface area contributed by atoms with E-state index in [0.717, 1.165) is 5.56 Å². The van der Waals surface area contributed by atoms with E-state index in [1.165, 1.54) is 19.0 Å². The number of rotatable bonds is 5. The lowest BCUT2D eigenvalue weighted by atomic mass is 10.2. The van der Waals surface area contributed by atoms with E-state index in [1.54, 1.807) is 10.9 Å². The standard InChI is InChI=1S/C15H15ClN2O2/c16-14-4-2-1-3-12(14)8-18-9-13(7-17-18)15(19)20-10-11-5-6-11/h1-4,7,9,11H,5-6,8,10H2. The van der Waals surface area contributed by atoms with Crippen LogP contribution in [0.1, 0.15) is 28.8 Å². The van der Waals surface area contributed by atoms with Gasteiger partial charge in [-0.15, -0.1) is 0 Å². The molecule has 0 aliphatic heterocycles. The third kappa shape index (κ3) is 3.20. The fraction of sp³-hybridized carbons (Fsp3) is 0.333. The summed E-state index contributed by atoms with van der Waals surface area (Å²) in [5.41, 5.74) is 1.45. The van der Waals surface area contributed by atoms with E-state index in [9.17, 15) is 4.79 Å². The Morgan fingerprint density at radius 3 is 2.95 bits per heavy atom. The molecular formula is C15H15ClN2O2. The molecule has 0 bridgehead atoms. The summed E-state index contributed by atoms with van der Waals surface area (Å²) in [4.78, 5) is 11.8. The first-order valence-electron chi connectivity index (χ1n) is 6.65. The van der Waals surface area contributed by atoms with Crippen molar-refractivity contribution in [3.8, 4) is 0 Å². The van der Waals surface area contributed by atoms with Crippen LogP contribution in [0.25, 0.3) is 0 Å². The summed E-state index contributed by atoms with van der Waals surface area (Å²) in [5.74, 6) is 0.263. The molecule has 4 nitrogen and oxygen atoms in total. The van der Waals surface area contributed by atoms with Crippen molar-refractivity contribution >= 4 is 17.6 Å². The van der Waals surface area contributed by atoms with Gasteiger partial charge >= 0.3 is 5.97 Å². The maximum absolute atomic E-state index is 11.8. The average Bonchev–Trinajstić information content (AvgIpc) is 3.16. The van der Waals surface area contributed by atoms with Crippen LogP contribution in [0.2, 0.25) is 5.02 Å². The molecule has 20 heavy (non-hydrogen) atoms. The lowest BCUT2D eigenvalue weighted by molar-refractivity contribution is 0.0486. The number of carbonyl (C=O) groups excluding carboxylic acids is 1. The number of aromatic nitrogens is 2. The number of hydrogen-bond donors (Lipinski definition) is 0. The van der Waals surface area contributed by atoms with E-state index >= 15 is 0 Å². The third-order valence-electron chi connectivity index (χ3n) is 3.31. The van der Waals surface area contributed by atoms with Crippen LogP contribution in [-0.4, -0.2) is 22.4 Å². The van der Waals surface area contributed by atoms with Gasteiger partial charge in [0.2, 0.25) is 0 Å². The zero-order chi connectivity index (χ0) is 13.9. The van der Waals surface area contributed by atoms with E-state index in [2.05, 4.69) is 5.10 Å². The summed E-state index contributed by atoms with van der Waals surface area (Å²) >= 11 is 6.10. The Morgan fingerprint density at radius 2 is 2.20 bits per heavy atom. The molecule has 0 radical (unpaired) electrons. The van der Waals surface area contributed by atoms with Crippen molar-refractivity contribution in [2.75, 3.05) is 6.61 Å². The molecule has 0 N–H and O–H groups in total. The van der Waals surface area contributed by atoms with E-state index in [0.29, 0.717) is 29.7 Å². The van der Waals surface area contributed by atoms with Gasteiger partial charge in [0, 0.05) is 11.2 Å². The summed E-state index contributed by atoms with van der Waals surface area (Å²) < 4.78 is 6.91. The molecule has 1 aliphatic rings. The second-order valence-corrected chi connectivity index (χ2v) is 5.47. The van der Waals surface area contributed by atoms with Crippen LogP contribution in [0.15, 0.2) is 36.7 Å². The molecule has 104 valence electrons. The van der Waals surface area contributed by atoms with Crippen molar-refractivity contribution in [1.82, 2.24) is 9.78 Å². The highest BCUT2D eigenvalue weighted by Gasteiger charge is 2.23. The Balaban J connectivity index is 1.64. The van der Waals surface area contributed by atoms with Crippen LogP contribution in [0.5, 0.6) is 0 Å². The molecule has 1 heterocycles. The molecule has 0 spiro atoms. The topological polar surface area (TPSA) is 44.1 Å². The molecule has 1 aromatic heterocycles. The van der Waals surface area contributed by atoms with Gasteiger partial charge < -0.3 is 4.74 Å². The number of nitrogens with zero attached hydrogens (tertiary/aromatic N) is 2. The van der Waals surface area contributed by atoms with Crippen molar-refractivity contribution in [1.29, 1.82) is 0 Å². The van der Waals surface area contributed by atoms with Crippen molar-refractivity contribution in [3.05, 3.63) is 52.8 Å². The highest BCUT2D eigenvalue weighted by Crippen LogP contribution is 2.29. The van der Waals surface area contributed by atoms with Crippen LogP contribution in [0.3, 0.4) is 0 Å². The fourth-order valence-corrected chi connectivity index (χ4v) is 2.11. The predicted octanol–water partition coefficient (Wildman–Crippen LogP) is 3.15. The highest BCUT2D eigenvalue weighted by molar-refractivity contribution is 6.31. The third-order valence-corrected chi connectivity index (χ3v) is 3.67. The molecule has 0 amide bonds. The molecule has 1 saturated carbocycles. The largest absolute Gasteiger partial charge is 0.462 e. The Bertz CT molecular complexity index is 620. The quantitative estimate of drug-likeness (QED) is 0.795.